The third-order valence-corrected chi connectivity index (χ3v) is 5.72. The molecule has 0 aliphatic carbocycles. The van der Waals surface area contributed by atoms with E-state index in [4.69, 9.17) is 10.1 Å². The summed E-state index contributed by atoms with van der Waals surface area (Å²) in [5.74, 6) is -0.915. The van der Waals surface area contributed by atoms with Gasteiger partial charge in [0.25, 0.3) is 0 Å². The number of carboxylic acid groups (broad SMARTS) is 1. The predicted molar refractivity (Wildman–Crippen MR) is 112 cm³/mol. The molecular formula is C23H18N2O2S. The molecule has 2 heterocycles. The predicted octanol–water partition coefficient (Wildman–Crippen LogP) is 5.47. The summed E-state index contributed by atoms with van der Waals surface area (Å²) in [6.07, 6.45) is 4.42. The Labute approximate surface area is 167 Å². The van der Waals surface area contributed by atoms with Crippen LogP contribution >= 0.6 is 11.3 Å². The minimum atomic E-state index is -0.915. The quantitative estimate of drug-likeness (QED) is 0.494. The second-order valence-corrected chi connectivity index (χ2v) is 7.61. The Morgan fingerprint density at radius 2 is 1.79 bits per heavy atom. The fourth-order valence-corrected chi connectivity index (χ4v) is 4.21. The molecular weight excluding hydrogens is 368 g/mol. The van der Waals surface area contributed by atoms with Crippen LogP contribution in [0.15, 0.2) is 73.1 Å². The number of nitrogens with zero attached hydrogens (tertiary/aromatic N) is 2. The second-order valence-electron chi connectivity index (χ2n) is 6.52. The van der Waals surface area contributed by atoms with Crippen molar-refractivity contribution in [3.8, 4) is 21.6 Å². The topological polar surface area (TPSA) is 63.1 Å². The molecule has 0 saturated heterocycles. The summed E-state index contributed by atoms with van der Waals surface area (Å²) in [6.45, 7) is 2.03. The number of hydrogen-bond donors (Lipinski definition) is 1. The standard InChI is InChI=1S/C23H18N2O2S/c1-15-22(28-21(25-15)12-16-4-3-11-24-14-16)20-6-2-5-19(13-20)17-7-9-18(10-8-17)23(26)27/h2-11,13-14H,12H2,1H3,(H,26,27). The molecule has 2 aromatic carbocycles. The number of pyridine rings is 1. The Morgan fingerprint density at radius 1 is 1.00 bits per heavy atom. The van der Waals surface area contributed by atoms with Gasteiger partial charge in [0.05, 0.1) is 21.1 Å². The Balaban J connectivity index is 1.63. The molecule has 1 N–H and O–H groups in total. The summed E-state index contributed by atoms with van der Waals surface area (Å²) < 4.78 is 0. The monoisotopic (exact) mass is 386 g/mol. The van der Waals surface area contributed by atoms with Crippen LogP contribution in [0.4, 0.5) is 0 Å². The van der Waals surface area contributed by atoms with Crippen LogP contribution in [0.25, 0.3) is 21.6 Å². The van der Waals surface area contributed by atoms with E-state index in [0.717, 1.165) is 44.3 Å². The Morgan fingerprint density at radius 3 is 2.50 bits per heavy atom. The molecule has 0 aliphatic rings. The van der Waals surface area contributed by atoms with E-state index in [1.165, 1.54) is 0 Å². The van der Waals surface area contributed by atoms with Crippen LogP contribution in [0.2, 0.25) is 0 Å². The summed E-state index contributed by atoms with van der Waals surface area (Å²) in [4.78, 5) is 21.1. The van der Waals surface area contributed by atoms with Crippen LogP contribution in [-0.4, -0.2) is 21.0 Å². The molecule has 4 rings (SSSR count). The number of benzene rings is 2. The van der Waals surface area contributed by atoms with Crippen LogP contribution in [-0.2, 0) is 6.42 Å². The van der Waals surface area contributed by atoms with E-state index < -0.39 is 5.97 Å². The molecule has 0 saturated carbocycles. The Hall–Kier alpha value is -3.31. The SMILES string of the molecule is Cc1nc(Cc2cccnc2)sc1-c1cccc(-c2ccc(C(=O)O)cc2)c1. The first-order chi connectivity index (χ1) is 13.6. The van der Waals surface area contributed by atoms with Crippen molar-refractivity contribution in [3.63, 3.8) is 0 Å². The molecule has 0 bridgehead atoms. The normalized spacial score (nSPS) is 10.8. The van der Waals surface area contributed by atoms with E-state index in [2.05, 4.69) is 23.2 Å². The largest absolute Gasteiger partial charge is 0.478 e. The van der Waals surface area contributed by atoms with Gasteiger partial charge in [-0.1, -0.05) is 36.4 Å². The third-order valence-electron chi connectivity index (χ3n) is 4.51. The minimum Gasteiger partial charge on any atom is -0.478 e. The zero-order valence-corrected chi connectivity index (χ0v) is 16.1. The highest BCUT2D eigenvalue weighted by Crippen LogP contribution is 2.33. The molecule has 0 radical (unpaired) electrons. The van der Waals surface area contributed by atoms with E-state index in [-0.39, 0.29) is 0 Å². The smallest absolute Gasteiger partial charge is 0.335 e. The Kier molecular flexibility index (Phi) is 5.00. The van der Waals surface area contributed by atoms with Crippen molar-refractivity contribution in [1.82, 2.24) is 9.97 Å². The first-order valence-electron chi connectivity index (χ1n) is 8.89. The molecule has 0 atom stereocenters. The average molecular weight is 386 g/mol. The van der Waals surface area contributed by atoms with Crippen molar-refractivity contribution in [2.24, 2.45) is 0 Å². The van der Waals surface area contributed by atoms with Crippen LogP contribution in [0.3, 0.4) is 0 Å². The summed E-state index contributed by atoms with van der Waals surface area (Å²) in [5, 5.41) is 10.1. The molecule has 28 heavy (non-hydrogen) atoms. The molecule has 0 aliphatic heterocycles. The van der Waals surface area contributed by atoms with Gasteiger partial charge in [-0.25, -0.2) is 9.78 Å². The lowest BCUT2D eigenvalue weighted by Crippen LogP contribution is -1.94. The first kappa shape index (κ1) is 18.1. The van der Waals surface area contributed by atoms with E-state index in [0.29, 0.717) is 5.56 Å². The lowest BCUT2D eigenvalue weighted by atomic mass is 10.0. The molecule has 5 heteroatoms. The molecule has 0 amide bonds. The van der Waals surface area contributed by atoms with E-state index >= 15 is 0 Å². The van der Waals surface area contributed by atoms with Crippen molar-refractivity contribution in [2.75, 3.05) is 0 Å². The molecule has 0 unspecified atom stereocenters. The van der Waals surface area contributed by atoms with Gasteiger partial charge in [0.2, 0.25) is 0 Å². The maximum absolute atomic E-state index is 11.0. The zero-order chi connectivity index (χ0) is 19.5. The second kappa shape index (κ2) is 7.74. The highest BCUT2D eigenvalue weighted by molar-refractivity contribution is 7.15. The first-order valence-corrected chi connectivity index (χ1v) is 9.71. The number of aromatic carboxylic acids is 1. The van der Waals surface area contributed by atoms with E-state index in [1.54, 1.807) is 29.7 Å². The number of carboxylic acids is 1. The maximum atomic E-state index is 11.0. The lowest BCUT2D eigenvalue weighted by Gasteiger charge is -2.05. The molecule has 4 aromatic rings. The van der Waals surface area contributed by atoms with Crippen LogP contribution in [0.5, 0.6) is 0 Å². The van der Waals surface area contributed by atoms with Gasteiger partial charge >= 0.3 is 5.97 Å². The number of carbonyl (C=O) groups is 1. The van der Waals surface area contributed by atoms with Crippen molar-refractivity contribution >= 4 is 17.3 Å². The summed E-state index contributed by atoms with van der Waals surface area (Å²) >= 11 is 1.70. The van der Waals surface area contributed by atoms with E-state index in [9.17, 15) is 4.79 Å². The zero-order valence-electron chi connectivity index (χ0n) is 15.3. The van der Waals surface area contributed by atoms with Crippen molar-refractivity contribution < 1.29 is 9.90 Å². The van der Waals surface area contributed by atoms with Gasteiger partial charge in [-0.3, -0.25) is 4.98 Å². The molecule has 2 aromatic heterocycles. The molecule has 0 fully saturated rings. The molecule has 0 spiro atoms. The third kappa shape index (κ3) is 3.85. The lowest BCUT2D eigenvalue weighted by molar-refractivity contribution is 0.0697. The van der Waals surface area contributed by atoms with Gasteiger partial charge in [-0.15, -0.1) is 11.3 Å². The van der Waals surface area contributed by atoms with Crippen LogP contribution in [0.1, 0.15) is 26.6 Å². The van der Waals surface area contributed by atoms with Crippen molar-refractivity contribution in [2.45, 2.75) is 13.3 Å². The number of aryl methyl sites for hydroxylation is 1. The average Bonchev–Trinajstić information content (AvgIpc) is 3.09. The fraction of sp³-hybridized carbons (Fsp3) is 0.0870. The summed E-state index contributed by atoms with van der Waals surface area (Å²) in [7, 11) is 0. The van der Waals surface area contributed by atoms with Gasteiger partial charge in [-0.05, 0) is 53.4 Å². The highest BCUT2D eigenvalue weighted by Gasteiger charge is 2.12. The van der Waals surface area contributed by atoms with Gasteiger partial charge in [0.1, 0.15) is 0 Å². The minimum absolute atomic E-state index is 0.290. The summed E-state index contributed by atoms with van der Waals surface area (Å²) in [5.41, 5.74) is 5.61. The van der Waals surface area contributed by atoms with Gasteiger partial charge in [-0.2, -0.15) is 0 Å². The van der Waals surface area contributed by atoms with Gasteiger partial charge in [0.15, 0.2) is 0 Å². The van der Waals surface area contributed by atoms with Crippen LogP contribution < -0.4 is 0 Å². The number of thiazole rings is 1. The Bertz CT molecular complexity index is 1120. The summed E-state index contributed by atoms with van der Waals surface area (Å²) in [6, 6.07) is 19.2. The maximum Gasteiger partial charge on any atom is 0.335 e. The van der Waals surface area contributed by atoms with Gasteiger partial charge in [0, 0.05) is 18.8 Å². The fourth-order valence-electron chi connectivity index (χ4n) is 3.12. The number of rotatable bonds is 5. The van der Waals surface area contributed by atoms with Crippen molar-refractivity contribution in [3.05, 3.63) is 94.9 Å². The van der Waals surface area contributed by atoms with Gasteiger partial charge < -0.3 is 5.11 Å². The number of hydrogen-bond acceptors (Lipinski definition) is 4. The molecule has 138 valence electrons. The number of aromatic nitrogens is 2. The van der Waals surface area contributed by atoms with Crippen molar-refractivity contribution in [1.29, 1.82) is 0 Å². The highest BCUT2D eigenvalue weighted by atomic mass is 32.1. The molecule has 4 nitrogen and oxygen atoms in total. The van der Waals surface area contributed by atoms with E-state index in [1.807, 2.05) is 43.5 Å². The van der Waals surface area contributed by atoms with Crippen LogP contribution in [0, 0.1) is 6.92 Å².